The molecule has 130 valence electrons. The Morgan fingerprint density at radius 2 is 1.96 bits per heavy atom. The number of hydrogen-bond acceptors (Lipinski definition) is 2. The number of pyridine rings is 1. The van der Waals surface area contributed by atoms with E-state index in [1.807, 2.05) is 12.1 Å². The van der Waals surface area contributed by atoms with Gasteiger partial charge in [0, 0.05) is 28.6 Å². The fraction of sp³-hybridized carbons (Fsp3) is 0.400. The lowest BCUT2D eigenvalue weighted by atomic mass is 9.95. The van der Waals surface area contributed by atoms with Crippen LogP contribution in [0.2, 0.25) is 10.0 Å². The molecule has 1 atom stereocenters. The zero-order valence-electron chi connectivity index (χ0n) is 14.4. The Kier molecular flexibility index (Phi) is 4.47. The van der Waals surface area contributed by atoms with Gasteiger partial charge in [-0.3, -0.25) is 4.98 Å². The van der Waals surface area contributed by atoms with E-state index in [-0.39, 0.29) is 0 Å². The van der Waals surface area contributed by atoms with Gasteiger partial charge < -0.3 is 4.98 Å². The molecular formula is C20H21Cl2N3. The highest BCUT2D eigenvalue weighted by Crippen LogP contribution is 2.45. The number of rotatable bonds is 5. The molecule has 1 saturated carbocycles. The minimum absolute atomic E-state index is 0.502. The van der Waals surface area contributed by atoms with Gasteiger partial charge in [0.15, 0.2) is 0 Å². The van der Waals surface area contributed by atoms with Crippen molar-refractivity contribution >= 4 is 34.2 Å². The normalized spacial score (nSPS) is 15.7. The third-order valence-corrected chi connectivity index (χ3v) is 5.62. The van der Waals surface area contributed by atoms with Crippen molar-refractivity contribution in [2.45, 2.75) is 45.4 Å². The van der Waals surface area contributed by atoms with Crippen molar-refractivity contribution in [1.29, 1.82) is 0 Å². The standard InChI is InChI=1S/C20H21Cl2N3/c1-3-13(11-5-6-11)16-10-17-20(25-18(4-2)23-17)19(24-16)14-8-7-12(21)9-15(14)22/h7-11,13H,3-6H2,1-2H3,(H,23,25). The molecule has 0 bridgehead atoms. The van der Waals surface area contributed by atoms with Crippen LogP contribution < -0.4 is 0 Å². The number of benzene rings is 1. The number of halogens is 2. The predicted molar refractivity (Wildman–Crippen MR) is 104 cm³/mol. The maximum absolute atomic E-state index is 6.48. The molecule has 1 aromatic carbocycles. The molecule has 1 fully saturated rings. The molecule has 1 aliphatic rings. The lowest BCUT2D eigenvalue weighted by Crippen LogP contribution is -2.04. The summed E-state index contributed by atoms with van der Waals surface area (Å²) in [6, 6.07) is 7.74. The van der Waals surface area contributed by atoms with Crippen LogP contribution in [0.5, 0.6) is 0 Å². The number of aromatic amines is 1. The highest BCUT2D eigenvalue weighted by Gasteiger charge is 2.32. The van der Waals surface area contributed by atoms with Crippen LogP contribution in [-0.4, -0.2) is 15.0 Å². The molecule has 1 aliphatic carbocycles. The average Bonchev–Trinajstić information content (AvgIpc) is 3.33. The van der Waals surface area contributed by atoms with Gasteiger partial charge in [-0.1, -0.05) is 37.0 Å². The third-order valence-electron chi connectivity index (χ3n) is 5.07. The molecule has 0 radical (unpaired) electrons. The highest BCUT2D eigenvalue weighted by atomic mass is 35.5. The van der Waals surface area contributed by atoms with Gasteiger partial charge in [0.1, 0.15) is 11.3 Å². The summed E-state index contributed by atoms with van der Waals surface area (Å²) in [5.74, 6) is 2.24. The number of H-pyrrole nitrogens is 1. The van der Waals surface area contributed by atoms with E-state index in [1.54, 1.807) is 6.07 Å². The monoisotopic (exact) mass is 373 g/mol. The van der Waals surface area contributed by atoms with Crippen LogP contribution in [0.4, 0.5) is 0 Å². The number of nitrogens with zero attached hydrogens (tertiary/aromatic N) is 2. The van der Waals surface area contributed by atoms with Gasteiger partial charge in [0.2, 0.25) is 0 Å². The van der Waals surface area contributed by atoms with E-state index in [2.05, 4.69) is 24.9 Å². The molecule has 4 rings (SSSR count). The molecule has 5 heteroatoms. The molecule has 3 nitrogen and oxygen atoms in total. The predicted octanol–water partition coefficient (Wildman–Crippen LogP) is 6.40. The van der Waals surface area contributed by atoms with Crippen LogP contribution in [0.15, 0.2) is 24.3 Å². The van der Waals surface area contributed by atoms with Gasteiger partial charge in [-0.25, -0.2) is 4.98 Å². The fourth-order valence-corrected chi connectivity index (χ4v) is 4.09. The summed E-state index contributed by atoms with van der Waals surface area (Å²) < 4.78 is 0. The Hall–Kier alpha value is -1.58. The molecule has 0 aliphatic heterocycles. The summed E-state index contributed by atoms with van der Waals surface area (Å²) in [7, 11) is 0. The molecule has 0 spiro atoms. The number of imidazole rings is 1. The first-order valence-electron chi connectivity index (χ1n) is 8.95. The van der Waals surface area contributed by atoms with Crippen molar-refractivity contribution < 1.29 is 0 Å². The van der Waals surface area contributed by atoms with E-state index in [0.717, 1.165) is 52.6 Å². The topological polar surface area (TPSA) is 41.6 Å². The minimum Gasteiger partial charge on any atom is -0.342 e. The largest absolute Gasteiger partial charge is 0.342 e. The van der Waals surface area contributed by atoms with E-state index in [0.29, 0.717) is 16.0 Å². The summed E-state index contributed by atoms with van der Waals surface area (Å²) in [5.41, 5.74) is 4.81. The Balaban J connectivity index is 1.94. The fourth-order valence-electron chi connectivity index (χ4n) is 3.59. The van der Waals surface area contributed by atoms with E-state index in [4.69, 9.17) is 33.2 Å². The quantitative estimate of drug-likeness (QED) is 0.562. The van der Waals surface area contributed by atoms with Crippen molar-refractivity contribution in [1.82, 2.24) is 15.0 Å². The second-order valence-corrected chi connectivity index (χ2v) is 7.65. The molecular weight excluding hydrogens is 353 g/mol. The number of fused-ring (bicyclic) bond motifs is 1. The van der Waals surface area contributed by atoms with E-state index >= 15 is 0 Å². The maximum Gasteiger partial charge on any atom is 0.115 e. The minimum atomic E-state index is 0.502. The van der Waals surface area contributed by atoms with Gasteiger partial charge in [-0.2, -0.15) is 0 Å². The Morgan fingerprint density at radius 1 is 1.16 bits per heavy atom. The first-order chi connectivity index (χ1) is 12.1. The molecule has 25 heavy (non-hydrogen) atoms. The molecule has 1 unspecified atom stereocenters. The zero-order chi connectivity index (χ0) is 17.6. The summed E-state index contributed by atoms with van der Waals surface area (Å²) in [5, 5.41) is 1.24. The highest BCUT2D eigenvalue weighted by molar-refractivity contribution is 6.36. The molecule has 0 amide bonds. The molecule has 2 aromatic heterocycles. The number of aromatic nitrogens is 3. The van der Waals surface area contributed by atoms with Crippen LogP contribution in [0.3, 0.4) is 0 Å². The summed E-state index contributed by atoms with van der Waals surface area (Å²) in [4.78, 5) is 13.2. The maximum atomic E-state index is 6.48. The van der Waals surface area contributed by atoms with Crippen LogP contribution in [-0.2, 0) is 6.42 Å². The second kappa shape index (κ2) is 6.62. The second-order valence-electron chi connectivity index (χ2n) is 6.81. The van der Waals surface area contributed by atoms with Gasteiger partial charge in [-0.15, -0.1) is 0 Å². The summed E-state index contributed by atoms with van der Waals surface area (Å²) >= 11 is 12.6. The van der Waals surface area contributed by atoms with Crippen molar-refractivity contribution in [3.05, 3.63) is 45.8 Å². The lowest BCUT2D eigenvalue weighted by molar-refractivity contribution is 0.572. The Labute approximate surface area is 157 Å². The van der Waals surface area contributed by atoms with Gasteiger partial charge in [0.25, 0.3) is 0 Å². The number of hydrogen-bond donors (Lipinski definition) is 1. The van der Waals surface area contributed by atoms with Crippen LogP contribution in [0.1, 0.15) is 50.5 Å². The lowest BCUT2D eigenvalue weighted by Gasteiger charge is -2.15. The average molecular weight is 374 g/mol. The van der Waals surface area contributed by atoms with Crippen molar-refractivity contribution in [2.24, 2.45) is 5.92 Å². The zero-order valence-corrected chi connectivity index (χ0v) is 16.0. The van der Waals surface area contributed by atoms with Crippen LogP contribution in [0.25, 0.3) is 22.3 Å². The van der Waals surface area contributed by atoms with Gasteiger partial charge in [-0.05, 0) is 49.4 Å². The van der Waals surface area contributed by atoms with Crippen LogP contribution in [0, 0.1) is 5.92 Å². The van der Waals surface area contributed by atoms with Gasteiger partial charge in [0.05, 0.1) is 16.2 Å². The molecule has 3 aromatic rings. The molecule has 0 saturated heterocycles. The van der Waals surface area contributed by atoms with E-state index < -0.39 is 0 Å². The van der Waals surface area contributed by atoms with E-state index in [1.165, 1.54) is 12.8 Å². The SMILES string of the molecule is CCc1nc2c(-c3ccc(Cl)cc3Cl)nc(C(CC)C3CC3)cc2[nH]1. The summed E-state index contributed by atoms with van der Waals surface area (Å²) in [6.07, 6.45) is 4.57. The number of aryl methyl sites for hydroxylation is 1. The van der Waals surface area contributed by atoms with Crippen molar-refractivity contribution in [3.63, 3.8) is 0 Å². The third kappa shape index (κ3) is 3.16. The molecule has 1 N–H and O–H groups in total. The van der Waals surface area contributed by atoms with E-state index in [9.17, 15) is 0 Å². The smallest absolute Gasteiger partial charge is 0.115 e. The van der Waals surface area contributed by atoms with Crippen LogP contribution >= 0.6 is 23.2 Å². The Bertz CT molecular complexity index is 928. The first-order valence-corrected chi connectivity index (χ1v) is 9.71. The van der Waals surface area contributed by atoms with Crippen molar-refractivity contribution in [2.75, 3.05) is 0 Å². The number of nitrogens with one attached hydrogen (secondary N) is 1. The summed E-state index contributed by atoms with van der Waals surface area (Å²) in [6.45, 7) is 4.34. The van der Waals surface area contributed by atoms with Crippen molar-refractivity contribution in [3.8, 4) is 11.3 Å². The van der Waals surface area contributed by atoms with Gasteiger partial charge >= 0.3 is 0 Å². The Morgan fingerprint density at radius 3 is 2.60 bits per heavy atom. The molecule has 2 heterocycles. The first kappa shape index (κ1) is 16.9.